The maximum absolute atomic E-state index is 10.3. The van der Waals surface area contributed by atoms with Gasteiger partial charge < -0.3 is 44.6 Å². The van der Waals surface area contributed by atoms with Gasteiger partial charge in [0.15, 0.2) is 0 Å². The molecule has 11 nitrogen and oxygen atoms in total. The molecule has 8 bridgehead atoms. The first-order valence-electron chi connectivity index (χ1n) is 20.0. The molecule has 61 heavy (non-hydrogen) atoms. The molecule has 0 amide bonds. The predicted molar refractivity (Wildman–Crippen MR) is 240 cm³/mol. The van der Waals surface area contributed by atoms with Crippen LogP contribution in [0.2, 0.25) is 0 Å². The van der Waals surface area contributed by atoms with Crippen LogP contribution in [0.1, 0.15) is 22.8 Å². The molecule has 0 fully saturated rings. The summed E-state index contributed by atoms with van der Waals surface area (Å²) in [4.78, 5) is 18.1. The number of aromatic amines is 2. The molecule has 0 radical (unpaired) electrons. The Labute approximate surface area is 351 Å². The van der Waals surface area contributed by atoms with Crippen LogP contribution in [-0.2, 0) is 0 Å². The van der Waals surface area contributed by atoms with E-state index in [9.17, 15) is 20.4 Å². The van der Waals surface area contributed by atoms with E-state index in [4.69, 9.17) is 24.2 Å². The fourth-order valence-corrected chi connectivity index (χ4v) is 7.69. The van der Waals surface area contributed by atoms with E-state index < -0.39 is 0 Å². The van der Waals surface area contributed by atoms with Crippen LogP contribution in [0.3, 0.4) is 0 Å². The van der Waals surface area contributed by atoms with Gasteiger partial charge in [0.05, 0.1) is 42.6 Å². The van der Waals surface area contributed by atoms with Crippen molar-refractivity contribution in [3.8, 4) is 67.5 Å². The molecule has 6 N–H and O–H groups in total. The van der Waals surface area contributed by atoms with Crippen LogP contribution in [0.15, 0.2) is 121 Å². The lowest BCUT2D eigenvalue weighted by atomic mass is 10.0. The number of aromatic nitrogens is 4. The molecular formula is C50H42N4O7. The van der Waals surface area contributed by atoms with Gasteiger partial charge in [0.1, 0.15) is 42.8 Å². The van der Waals surface area contributed by atoms with Gasteiger partial charge in [0.2, 0.25) is 0 Å². The summed E-state index contributed by atoms with van der Waals surface area (Å²) in [7, 11) is 0. The third kappa shape index (κ3) is 8.13. The topological polar surface area (TPSA) is 166 Å². The van der Waals surface area contributed by atoms with Crippen molar-refractivity contribution >= 4 is 46.4 Å². The zero-order valence-corrected chi connectivity index (χ0v) is 33.0. The first kappa shape index (κ1) is 39.0. The number of hydrogen-bond acceptors (Lipinski definition) is 9. The molecule has 0 saturated heterocycles. The summed E-state index contributed by atoms with van der Waals surface area (Å²) in [5, 5.41) is 38.3. The quantitative estimate of drug-likeness (QED) is 0.0666. The first-order chi connectivity index (χ1) is 30.0. The Morgan fingerprint density at radius 3 is 0.885 bits per heavy atom. The number of hydrogen-bond donors (Lipinski definition) is 6. The van der Waals surface area contributed by atoms with Crippen molar-refractivity contribution in [1.29, 1.82) is 0 Å². The third-order valence-corrected chi connectivity index (χ3v) is 10.4. The second-order valence-electron chi connectivity index (χ2n) is 14.3. The summed E-state index contributed by atoms with van der Waals surface area (Å²) in [5.74, 6) is 2.08. The standard InChI is InChI=1S/C50H42N4O7/c55-25-28-59-36-11-3-32(4-12-36)48-41-19-17-39(51-41)47(31-1-9-35(58)10-2-31)40-18-20-42(52-40)49(33-5-13-37(14-6-33)60-29-26-56)44-22-24-46(54-44)50(45-23-21-43(48)53-45)34-7-15-38(16-8-34)61-30-27-57/h1-24,51,54-58H,25-30H2. The van der Waals surface area contributed by atoms with Crippen molar-refractivity contribution in [1.82, 2.24) is 19.9 Å². The van der Waals surface area contributed by atoms with E-state index in [0.29, 0.717) is 17.2 Å². The van der Waals surface area contributed by atoms with Gasteiger partial charge in [-0.05, 0) is 119 Å². The minimum absolute atomic E-state index is 0.0856. The normalized spacial score (nSPS) is 11.9. The van der Waals surface area contributed by atoms with E-state index in [1.54, 1.807) is 12.1 Å². The Kier molecular flexibility index (Phi) is 11.2. The lowest BCUT2D eigenvalue weighted by molar-refractivity contribution is 0.201. The molecule has 4 aromatic carbocycles. The Bertz CT molecular complexity index is 2870. The number of aromatic hydroxyl groups is 1. The molecule has 2 aliphatic rings. The van der Waals surface area contributed by atoms with Crippen LogP contribution < -0.4 is 14.2 Å². The number of nitrogens with zero attached hydrogens (tertiary/aromatic N) is 2. The number of aliphatic hydroxyl groups is 3. The summed E-state index contributed by atoms with van der Waals surface area (Å²) in [6, 6.07) is 38.5. The molecule has 0 aliphatic carbocycles. The largest absolute Gasteiger partial charge is 0.508 e. The van der Waals surface area contributed by atoms with Gasteiger partial charge in [-0.3, -0.25) is 0 Å². The van der Waals surface area contributed by atoms with E-state index in [0.717, 1.165) is 89.4 Å². The van der Waals surface area contributed by atoms with Gasteiger partial charge in [-0.15, -0.1) is 0 Å². The SMILES string of the molecule is OCCOc1ccc(-c2c3nc(c(-c4ccc(OCCO)cc4)c4ccc([nH]4)c(-c4ccc(OCCO)cc4)c4nc(c(-c5ccc(O)cc5)c5ccc2[nH]5)C=C4)C=C3)cc1. The minimum atomic E-state index is -0.0860. The lowest BCUT2D eigenvalue weighted by Crippen LogP contribution is -2.01. The van der Waals surface area contributed by atoms with Crippen molar-refractivity contribution < 1.29 is 34.6 Å². The van der Waals surface area contributed by atoms with E-state index in [1.165, 1.54) is 0 Å². The average molecular weight is 811 g/mol. The first-order valence-corrected chi connectivity index (χ1v) is 20.0. The Morgan fingerprint density at radius 2 is 0.623 bits per heavy atom. The molecule has 0 atom stereocenters. The number of nitrogens with one attached hydrogen (secondary N) is 2. The Hall–Kier alpha value is -7.44. The average Bonchev–Trinajstić information content (AvgIpc) is 4.14. The van der Waals surface area contributed by atoms with Gasteiger partial charge in [0, 0.05) is 44.3 Å². The van der Waals surface area contributed by atoms with Crippen LogP contribution in [0.5, 0.6) is 23.0 Å². The smallest absolute Gasteiger partial charge is 0.119 e. The van der Waals surface area contributed by atoms with Crippen LogP contribution in [-0.4, -0.2) is 80.0 Å². The van der Waals surface area contributed by atoms with Crippen molar-refractivity contribution in [2.45, 2.75) is 0 Å². The Balaban J connectivity index is 1.37. The van der Waals surface area contributed by atoms with Crippen molar-refractivity contribution in [3.05, 3.63) is 144 Å². The van der Waals surface area contributed by atoms with Crippen LogP contribution >= 0.6 is 0 Å². The zero-order chi connectivity index (χ0) is 41.7. The molecule has 2 aliphatic heterocycles. The predicted octanol–water partition coefficient (Wildman–Crippen LogP) is 9.14. The number of benzene rings is 4. The molecule has 3 aromatic heterocycles. The molecule has 304 valence electrons. The van der Waals surface area contributed by atoms with Gasteiger partial charge in [-0.25, -0.2) is 9.97 Å². The lowest BCUT2D eigenvalue weighted by Gasteiger charge is -2.09. The second-order valence-corrected chi connectivity index (χ2v) is 14.3. The summed E-state index contributed by atoms with van der Waals surface area (Å²) in [6.45, 7) is 0.315. The van der Waals surface area contributed by atoms with Gasteiger partial charge in [0.25, 0.3) is 0 Å². The molecule has 9 rings (SSSR count). The highest BCUT2D eigenvalue weighted by atomic mass is 16.5. The fraction of sp³-hybridized carbons (Fsp3) is 0.120. The molecule has 0 spiro atoms. The van der Waals surface area contributed by atoms with Gasteiger partial charge in [-0.1, -0.05) is 48.5 Å². The number of rotatable bonds is 13. The van der Waals surface area contributed by atoms with Crippen molar-refractivity contribution in [2.75, 3.05) is 39.6 Å². The molecular weight excluding hydrogens is 769 g/mol. The number of ether oxygens (including phenoxy) is 3. The number of fused-ring (bicyclic) bond motifs is 8. The maximum Gasteiger partial charge on any atom is 0.119 e. The molecule has 11 heteroatoms. The Morgan fingerprint density at radius 1 is 0.361 bits per heavy atom. The highest BCUT2D eigenvalue weighted by molar-refractivity contribution is 5.99. The maximum atomic E-state index is 10.3. The van der Waals surface area contributed by atoms with Crippen LogP contribution in [0.4, 0.5) is 0 Å². The zero-order valence-electron chi connectivity index (χ0n) is 33.0. The number of aliphatic hydroxyl groups excluding tert-OH is 3. The summed E-state index contributed by atoms with van der Waals surface area (Å²) >= 11 is 0. The molecule has 0 saturated carbocycles. The van der Waals surface area contributed by atoms with Crippen LogP contribution in [0, 0.1) is 0 Å². The molecule has 5 heterocycles. The van der Waals surface area contributed by atoms with E-state index >= 15 is 0 Å². The van der Waals surface area contributed by atoms with Crippen molar-refractivity contribution in [3.63, 3.8) is 0 Å². The van der Waals surface area contributed by atoms with E-state index in [1.807, 2.05) is 121 Å². The number of H-pyrrole nitrogens is 2. The monoisotopic (exact) mass is 810 g/mol. The highest BCUT2D eigenvalue weighted by Crippen LogP contribution is 2.39. The number of phenols is 1. The van der Waals surface area contributed by atoms with E-state index in [2.05, 4.69) is 22.1 Å². The second kappa shape index (κ2) is 17.4. The van der Waals surface area contributed by atoms with E-state index in [-0.39, 0.29) is 45.4 Å². The minimum Gasteiger partial charge on any atom is -0.508 e. The van der Waals surface area contributed by atoms with Crippen molar-refractivity contribution in [2.24, 2.45) is 0 Å². The van der Waals surface area contributed by atoms with Gasteiger partial charge >= 0.3 is 0 Å². The summed E-state index contributed by atoms with van der Waals surface area (Å²) in [6.07, 6.45) is 8.07. The molecule has 0 unspecified atom stereocenters. The van der Waals surface area contributed by atoms with Crippen LogP contribution in [0.25, 0.3) is 90.9 Å². The highest BCUT2D eigenvalue weighted by Gasteiger charge is 2.19. The number of phenolic OH excluding ortho intramolecular Hbond substituents is 1. The fourth-order valence-electron chi connectivity index (χ4n) is 7.69. The summed E-state index contributed by atoms with van der Waals surface area (Å²) < 4.78 is 17.1. The summed E-state index contributed by atoms with van der Waals surface area (Å²) in [5.41, 5.74) is 13.2. The van der Waals surface area contributed by atoms with Gasteiger partial charge in [-0.2, -0.15) is 0 Å². The third-order valence-electron chi connectivity index (χ3n) is 10.4. The molecule has 7 aromatic rings.